The number of thiophene rings is 1. The van der Waals surface area contributed by atoms with Gasteiger partial charge in [-0.3, -0.25) is 10.1 Å². The number of nitrogens with zero attached hydrogens (tertiary/aromatic N) is 3. The van der Waals surface area contributed by atoms with Crippen molar-refractivity contribution in [3.63, 3.8) is 0 Å². The number of pyridine rings is 1. The summed E-state index contributed by atoms with van der Waals surface area (Å²) < 4.78 is 5.26. The SMILES string of the molecule is COc1ccc(-c2c(-c3ccncc3)sc(-c3ncn[nH]3)c2CO)cc1. The molecule has 0 unspecified atom stereocenters. The fourth-order valence-electron chi connectivity index (χ4n) is 2.89. The van der Waals surface area contributed by atoms with Crippen LogP contribution in [0.5, 0.6) is 5.75 Å². The Morgan fingerprint density at radius 2 is 1.81 bits per heavy atom. The number of aliphatic hydroxyl groups is 1. The maximum atomic E-state index is 10.1. The van der Waals surface area contributed by atoms with Crippen molar-refractivity contribution in [2.75, 3.05) is 7.11 Å². The molecule has 0 aliphatic heterocycles. The first kappa shape index (κ1) is 16.4. The molecule has 0 fully saturated rings. The number of aromatic amines is 1. The van der Waals surface area contributed by atoms with Crippen molar-refractivity contribution < 1.29 is 9.84 Å². The zero-order chi connectivity index (χ0) is 17.9. The van der Waals surface area contributed by atoms with Gasteiger partial charge in [-0.25, -0.2) is 4.98 Å². The van der Waals surface area contributed by atoms with Crippen molar-refractivity contribution in [1.29, 1.82) is 0 Å². The molecule has 0 radical (unpaired) electrons. The summed E-state index contributed by atoms with van der Waals surface area (Å²) in [5.41, 5.74) is 3.85. The first-order chi connectivity index (χ1) is 12.8. The Balaban J connectivity index is 1.97. The summed E-state index contributed by atoms with van der Waals surface area (Å²) in [6.07, 6.45) is 4.99. The van der Waals surface area contributed by atoms with Gasteiger partial charge in [-0.2, -0.15) is 5.10 Å². The average Bonchev–Trinajstić information content (AvgIpc) is 3.36. The van der Waals surface area contributed by atoms with E-state index in [4.69, 9.17) is 4.74 Å². The lowest BCUT2D eigenvalue weighted by molar-refractivity contribution is 0.283. The molecule has 0 spiro atoms. The molecule has 4 aromatic rings. The van der Waals surface area contributed by atoms with Gasteiger partial charge < -0.3 is 9.84 Å². The highest BCUT2D eigenvalue weighted by Gasteiger charge is 2.22. The summed E-state index contributed by atoms with van der Waals surface area (Å²) in [5, 5.41) is 17.0. The number of nitrogens with one attached hydrogen (secondary N) is 1. The van der Waals surface area contributed by atoms with Crippen LogP contribution in [0.25, 0.3) is 32.3 Å². The molecule has 0 amide bonds. The minimum Gasteiger partial charge on any atom is -0.497 e. The monoisotopic (exact) mass is 364 g/mol. The molecule has 1 aromatic carbocycles. The molecule has 2 N–H and O–H groups in total. The first-order valence-corrected chi connectivity index (χ1v) is 8.80. The van der Waals surface area contributed by atoms with E-state index in [1.165, 1.54) is 6.33 Å². The van der Waals surface area contributed by atoms with E-state index in [0.29, 0.717) is 5.82 Å². The van der Waals surface area contributed by atoms with E-state index in [2.05, 4.69) is 20.2 Å². The summed E-state index contributed by atoms with van der Waals surface area (Å²) in [7, 11) is 1.64. The van der Waals surface area contributed by atoms with Gasteiger partial charge in [0, 0.05) is 28.4 Å². The van der Waals surface area contributed by atoms with E-state index in [0.717, 1.165) is 37.8 Å². The van der Waals surface area contributed by atoms with Crippen LogP contribution in [-0.4, -0.2) is 32.4 Å². The van der Waals surface area contributed by atoms with Gasteiger partial charge in [0.15, 0.2) is 5.82 Å². The summed E-state index contributed by atoms with van der Waals surface area (Å²) in [6.45, 7) is -0.0982. The van der Waals surface area contributed by atoms with Crippen molar-refractivity contribution >= 4 is 11.3 Å². The Morgan fingerprint density at radius 3 is 2.42 bits per heavy atom. The predicted octanol–water partition coefficient (Wildman–Crippen LogP) is 3.76. The molecule has 0 bridgehead atoms. The highest BCUT2D eigenvalue weighted by atomic mass is 32.1. The Kier molecular flexibility index (Phi) is 4.47. The summed E-state index contributed by atoms with van der Waals surface area (Å²) >= 11 is 1.57. The van der Waals surface area contributed by atoms with Gasteiger partial charge in [0.2, 0.25) is 0 Å². The molecule has 26 heavy (non-hydrogen) atoms. The number of ether oxygens (including phenoxy) is 1. The molecule has 0 aliphatic carbocycles. The van der Waals surface area contributed by atoms with Crippen LogP contribution in [0.1, 0.15) is 5.56 Å². The Bertz CT molecular complexity index is 996. The highest BCUT2D eigenvalue weighted by molar-refractivity contribution is 7.19. The van der Waals surface area contributed by atoms with Gasteiger partial charge >= 0.3 is 0 Å². The quantitative estimate of drug-likeness (QED) is 0.563. The van der Waals surface area contributed by atoms with Gasteiger partial charge in [-0.1, -0.05) is 12.1 Å². The van der Waals surface area contributed by atoms with Gasteiger partial charge in [0.25, 0.3) is 0 Å². The third-order valence-corrected chi connectivity index (χ3v) is 5.40. The maximum absolute atomic E-state index is 10.1. The zero-order valence-electron chi connectivity index (χ0n) is 14.0. The number of benzene rings is 1. The van der Waals surface area contributed by atoms with Crippen LogP contribution in [0.2, 0.25) is 0 Å². The van der Waals surface area contributed by atoms with E-state index in [9.17, 15) is 5.11 Å². The third-order valence-electron chi connectivity index (χ3n) is 4.12. The van der Waals surface area contributed by atoms with Crippen molar-refractivity contribution in [3.05, 3.63) is 60.7 Å². The molecule has 3 aromatic heterocycles. The average molecular weight is 364 g/mol. The van der Waals surface area contributed by atoms with Gasteiger partial charge in [-0.05, 0) is 35.4 Å². The standard InChI is InChI=1S/C19H16N4O2S/c1-25-14-4-2-12(3-5-14)16-15(10-24)18(19-21-11-22-23-19)26-17(16)13-6-8-20-9-7-13/h2-9,11,24H,10H2,1H3,(H,21,22,23). The normalized spacial score (nSPS) is 10.8. The zero-order valence-corrected chi connectivity index (χ0v) is 14.8. The summed E-state index contributed by atoms with van der Waals surface area (Å²) in [6, 6.07) is 11.7. The summed E-state index contributed by atoms with van der Waals surface area (Å²) in [4.78, 5) is 10.3. The molecule has 130 valence electrons. The smallest absolute Gasteiger partial charge is 0.165 e. The number of rotatable bonds is 5. The van der Waals surface area contributed by atoms with Crippen LogP contribution in [-0.2, 0) is 6.61 Å². The largest absolute Gasteiger partial charge is 0.497 e. The van der Waals surface area contributed by atoms with Gasteiger partial charge in [0.05, 0.1) is 18.6 Å². The lowest BCUT2D eigenvalue weighted by Crippen LogP contribution is -1.91. The van der Waals surface area contributed by atoms with Crippen molar-refractivity contribution in [1.82, 2.24) is 20.2 Å². The van der Waals surface area contributed by atoms with E-state index in [1.807, 2.05) is 36.4 Å². The van der Waals surface area contributed by atoms with Crippen molar-refractivity contribution in [3.8, 4) is 38.0 Å². The second kappa shape index (κ2) is 7.07. The van der Waals surface area contributed by atoms with Crippen LogP contribution in [0.3, 0.4) is 0 Å². The van der Waals surface area contributed by atoms with Crippen LogP contribution in [0.4, 0.5) is 0 Å². The topological polar surface area (TPSA) is 83.9 Å². The second-order valence-electron chi connectivity index (χ2n) is 5.57. The van der Waals surface area contributed by atoms with Gasteiger partial charge in [-0.15, -0.1) is 11.3 Å². The lowest BCUT2D eigenvalue weighted by atomic mass is 9.97. The second-order valence-corrected chi connectivity index (χ2v) is 6.59. The number of hydrogen-bond donors (Lipinski definition) is 2. The summed E-state index contributed by atoms with van der Waals surface area (Å²) in [5.74, 6) is 1.43. The first-order valence-electron chi connectivity index (χ1n) is 7.99. The molecule has 6 nitrogen and oxygen atoms in total. The molecule has 0 saturated carbocycles. The molecular formula is C19H16N4O2S. The number of hydrogen-bond acceptors (Lipinski definition) is 6. The molecule has 0 saturated heterocycles. The van der Waals surface area contributed by atoms with E-state index in [1.54, 1.807) is 30.8 Å². The minimum absolute atomic E-state index is 0.0982. The molecule has 0 aliphatic rings. The molecule has 3 heterocycles. The number of H-pyrrole nitrogens is 1. The fourth-order valence-corrected chi connectivity index (χ4v) is 4.18. The number of aromatic nitrogens is 4. The van der Waals surface area contributed by atoms with Crippen LogP contribution in [0.15, 0.2) is 55.1 Å². The van der Waals surface area contributed by atoms with E-state index < -0.39 is 0 Å². The van der Waals surface area contributed by atoms with Crippen LogP contribution < -0.4 is 4.74 Å². The molecule has 4 rings (SSSR count). The highest BCUT2D eigenvalue weighted by Crippen LogP contribution is 2.46. The molecular weight excluding hydrogens is 348 g/mol. The minimum atomic E-state index is -0.0982. The maximum Gasteiger partial charge on any atom is 0.165 e. The van der Waals surface area contributed by atoms with Crippen LogP contribution >= 0.6 is 11.3 Å². The number of methoxy groups -OCH3 is 1. The predicted molar refractivity (Wildman–Crippen MR) is 101 cm³/mol. The fraction of sp³-hybridized carbons (Fsp3) is 0.105. The number of aliphatic hydroxyl groups excluding tert-OH is 1. The third kappa shape index (κ3) is 2.87. The molecule has 0 atom stereocenters. The van der Waals surface area contributed by atoms with Crippen molar-refractivity contribution in [2.45, 2.75) is 6.61 Å². The van der Waals surface area contributed by atoms with E-state index in [-0.39, 0.29) is 6.61 Å². The van der Waals surface area contributed by atoms with Gasteiger partial charge in [0.1, 0.15) is 12.1 Å². The Hall–Kier alpha value is -3.03. The van der Waals surface area contributed by atoms with E-state index >= 15 is 0 Å². The molecule has 7 heteroatoms. The van der Waals surface area contributed by atoms with Crippen LogP contribution in [0, 0.1) is 0 Å². The van der Waals surface area contributed by atoms with Crippen molar-refractivity contribution in [2.24, 2.45) is 0 Å². The Labute approximate surface area is 154 Å². The lowest BCUT2D eigenvalue weighted by Gasteiger charge is -2.08. The Morgan fingerprint density at radius 1 is 1.04 bits per heavy atom.